The van der Waals surface area contributed by atoms with Gasteiger partial charge in [-0.05, 0) is 36.5 Å². The fourth-order valence-electron chi connectivity index (χ4n) is 3.25. The third-order valence-corrected chi connectivity index (χ3v) is 4.16. The topological polar surface area (TPSA) is 50.2 Å². The molecule has 3 rings (SSSR count). The second-order valence-electron chi connectivity index (χ2n) is 5.25. The molecule has 19 heavy (non-hydrogen) atoms. The molecule has 2 atom stereocenters. The van der Waals surface area contributed by atoms with Gasteiger partial charge in [0.15, 0.2) is 0 Å². The monoisotopic (exact) mass is 255 g/mol. The van der Waals surface area contributed by atoms with Crippen LogP contribution in [0.5, 0.6) is 0 Å². The minimum absolute atomic E-state index is 0.124. The molecule has 3 nitrogen and oxygen atoms in total. The summed E-state index contributed by atoms with van der Waals surface area (Å²) in [4.78, 5) is 15.8. The van der Waals surface area contributed by atoms with Gasteiger partial charge in [-0.15, -0.1) is 0 Å². The van der Waals surface area contributed by atoms with Crippen LogP contribution in [0.15, 0.2) is 36.5 Å². The number of carboxylic acid groups (broad SMARTS) is 1. The lowest BCUT2D eigenvalue weighted by Crippen LogP contribution is -2.25. The summed E-state index contributed by atoms with van der Waals surface area (Å²) in [5.74, 6) is -0.788. The highest BCUT2D eigenvalue weighted by Crippen LogP contribution is 2.40. The first-order valence-corrected chi connectivity index (χ1v) is 6.84. The van der Waals surface area contributed by atoms with E-state index in [9.17, 15) is 9.90 Å². The first-order chi connectivity index (χ1) is 9.27. The third-order valence-electron chi connectivity index (χ3n) is 4.16. The molecule has 0 saturated heterocycles. The van der Waals surface area contributed by atoms with Crippen LogP contribution in [0.1, 0.15) is 37.2 Å². The first kappa shape index (κ1) is 12.2. The minimum atomic E-state index is -0.661. The van der Waals surface area contributed by atoms with Crippen LogP contribution in [0.2, 0.25) is 0 Å². The summed E-state index contributed by atoms with van der Waals surface area (Å²) in [7, 11) is 0. The zero-order valence-corrected chi connectivity index (χ0v) is 10.7. The molecule has 1 saturated carbocycles. The van der Waals surface area contributed by atoms with Gasteiger partial charge in [0.05, 0.1) is 11.4 Å². The van der Waals surface area contributed by atoms with Crippen molar-refractivity contribution in [2.45, 2.75) is 31.6 Å². The molecular formula is C16H17NO2. The Bertz CT molecular complexity index is 603. The van der Waals surface area contributed by atoms with E-state index in [1.807, 2.05) is 24.3 Å². The minimum Gasteiger partial charge on any atom is -0.481 e. The summed E-state index contributed by atoms with van der Waals surface area (Å²) in [6.07, 6.45) is 5.67. The SMILES string of the molecule is O=C(O)C1CCCCC1c1cccc2ncccc12. The van der Waals surface area contributed by atoms with Crippen LogP contribution < -0.4 is 0 Å². The van der Waals surface area contributed by atoms with Crippen LogP contribution in [-0.4, -0.2) is 16.1 Å². The number of hydrogen-bond acceptors (Lipinski definition) is 2. The molecular weight excluding hydrogens is 238 g/mol. The van der Waals surface area contributed by atoms with Crippen LogP contribution in [0.4, 0.5) is 0 Å². The van der Waals surface area contributed by atoms with Gasteiger partial charge in [0.25, 0.3) is 0 Å². The fraction of sp³-hybridized carbons (Fsp3) is 0.375. The van der Waals surface area contributed by atoms with Gasteiger partial charge in [0, 0.05) is 11.6 Å². The zero-order valence-electron chi connectivity index (χ0n) is 10.7. The molecule has 1 aromatic carbocycles. The molecule has 0 spiro atoms. The maximum atomic E-state index is 11.5. The smallest absolute Gasteiger partial charge is 0.307 e. The Morgan fingerprint density at radius 3 is 2.84 bits per heavy atom. The Morgan fingerprint density at radius 2 is 2.00 bits per heavy atom. The van der Waals surface area contributed by atoms with Crippen molar-refractivity contribution in [3.8, 4) is 0 Å². The van der Waals surface area contributed by atoms with Crippen molar-refractivity contribution in [3.05, 3.63) is 42.1 Å². The predicted molar refractivity (Wildman–Crippen MR) is 74.1 cm³/mol. The van der Waals surface area contributed by atoms with Gasteiger partial charge in [-0.2, -0.15) is 0 Å². The summed E-state index contributed by atoms with van der Waals surface area (Å²) in [6, 6.07) is 10.0. The second kappa shape index (κ2) is 5.00. The predicted octanol–water partition coefficient (Wildman–Crippen LogP) is 3.59. The Morgan fingerprint density at radius 1 is 1.16 bits per heavy atom. The molecule has 3 heteroatoms. The fourth-order valence-corrected chi connectivity index (χ4v) is 3.25. The molecule has 1 aliphatic rings. The van der Waals surface area contributed by atoms with E-state index in [0.717, 1.165) is 42.1 Å². The molecule has 2 aromatic rings. The van der Waals surface area contributed by atoms with Crippen LogP contribution in [0.3, 0.4) is 0 Å². The number of carboxylic acids is 1. The van der Waals surface area contributed by atoms with Crippen molar-refractivity contribution in [1.29, 1.82) is 0 Å². The molecule has 98 valence electrons. The van der Waals surface area contributed by atoms with Gasteiger partial charge in [0.2, 0.25) is 0 Å². The van der Waals surface area contributed by atoms with Gasteiger partial charge in [0.1, 0.15) is 0 Å². The number of aromatic nitrogens is 1. The van der Waals surface area contributed by atoms with Crippen molar-refractivity contribution in [1.82, 2.24) is 4.98 Å². The van der Waals surface area contributed by atoms with E-state index in [1.54, 1.807) is 6.20 Å². The van der Waals surface area contributed by atoms with E-state index < -0.39 is 5.97 Å². The molecule has 1 aliphatic carbocycles. The second-order valence-corrected chi connectivity index (χ2v) is 5.25. The number of pyridine rings is 1. The molecule has 0 bridgehead atoms. The molecule has 1 aromatic heterocycles. The molecule has 2 unspecified atom stereocenters. The van der Waals surface area contributed by atoms with Crippen LogP contribution >= 0.6 is 0 Å². The lowest BCUT2D eigenvalue weighted by molar-refractivity contribution is -0.143. The van der Waals surface area contributed by atoms with Crippen molar-refractivity contribution in [2.24, 2.45) is 5.92 Å². The summed E-state index contributed by atoms with van der Waals surface area (Å²) in [6.45, 7) is 0. The van der Waals surface area contributed by atoms with Crippen molar-refractivity contribution < 1.29 is 9.90 Å². The maximum Gasteiger partial charge on any atom is 0.307 e. The summed E-state index contributed by atoms with van der Waals surface area (Å²) < 4.78 is 0. The van der Waals surface area contributed by atoms with Gasteiger partial charge in [-0.1, -0.05) is 31.0 Å². The third kappa shape index (κ3) is 2.21. The maximum absolute atomic E-state index is 11.5. The Labute approximate surface area is 112 Å². The molecule has 0 aliphatic heterocycles. The molecule has 1 fully saturated rings. The Balaban J connectivity index is 2.09. The van der Waals surface area contributed by atoms with Crippen molar-refractivity contribution >= 4 is 16.9 Å². The number of benzene rings is 1. The highest BCUT2D eigenvalue weighted by atomic mass is 16.4. The lowest BCUT2D eigenvalue weighted by Gasteiger charge is -2.29. The zero-order chi connectivity index (χ0) is 13.2. The summed E-state index contributed by atoms with van der Waals surface area (Å²) in [5, 5.41) is 10.5. The normalized spacial score (nSPS) is 23.4. The summed E-state index contributed by atoms with van der Waals surface area (Å²) in [5.41, 5.74) is 2.10. The van der Waals surface area contributed by atoms with Crippen LogP contribution in [0, 0.1) is 5.92 Å². The largest absolute Gasteiger partial charge is 0.481 e. The average Bonchev–Trinajstić information content (AvgIpc) is 2.46. The van der Waals surface area contributed by atoms with E-state index in [0.29, 0.717) is 0 Å². The number of fused-ring (bicyclic) bond motifs is 1. The van der Waals surface area contributed by atoms with E-state index in [2.05, 4.69) is 11.1 Å². The Kier molecular flexibility index (Phi) is 3.20. The van der Waals surface area contributed by atoms with Crippen LogP contribution in [-0.2, 0) is 4.79 Å². The standard InChI is InChI=1S/C16H17NO2/c18-16(19)14-6-2-1-5-12(14)11-7-3-9-15-13(11)8-4-10-17-15/h3-4,7-10,12,14H,1-2,5-6H2,(H,18,19). The van der Waals surface area contributed by atoms with E-state index in [4.69, 9.17) is 0 Å². The highest BCUT2D eigenvalue weighted by molar-refractivity contribution is 5.83. The van der Waals surface area contributed by atoms with Crippen LogP contribution in [0.25, 0.3) is 10.9 Å². The number of carbonyl (C=O) groups is 1. The van der Waals surface area contributed by atoms with Crippen molar-refractivity contribution in [2.75, 3.05) is 0 Å². The Hall–Kier alpha value is -1.90. The van der Waals surface area contributed by atoms with Gasteiger partial charge < -0.3 is 5.11 Å². The quantitative estimate of drug-likeness (QED) is 0.892. The van der Waals surface area contributed by atoms with Gasteiger partial charge in [-0.25, -0.2) is 0 Å². The van der Waals surface area contributed by atoms with Gasteiger partial charge >= 0.3 is 5.97 Å². The average molecular weight is 255 g/mol. The van der Waals surface area contributed by atoms with E-state index in [-0.39, 0.29) is 11.8 Å². The number of rotatable bonds is 2. The molecule has 1 N–H and O–H groups in total. The van der Waals surface area contributed by atoms with E-state index in [1.165, 1.54) is 0 Å². The van der Waals surface area contributed by atoms with E-state index >= 15 is 0 Å². The number of nitrogens with zero attached hydrogens (tertiary/aromatic N) is 1. The first-order valence-electron chi connectivity index (χ1n) is 6.84. The molecule has 0 amide bonds. The van der Waals surface area contributed by atoms with Gasteiger partial charge in [-0.3, -0.25) is 9.78 Å². The number of aliphatic carboxylic acids is 1. The van der Waals surface area contributed by atoms with Crippen molar-refractivity contribution in [3.63, 3.8) is 0 Å². The highest BCUT2D eigenvalue weighted by Gasteiger charge is 2.32. The molecule has 1 heterocycles. The molecule has 0 radical (unpaired) electrons. The summed E-state index contributed by atoms with van der Waals surface area (Å²) >= 11 is 0. The number of hydrogen-bond donors (Lipinski definition) is 1. The lowest BCUT2D eigenvalue weighted by atomic mass is 9.74.